The molecular formula is C12H19N5O2. The number of fused-ring (bicyclic) bond motifs is 2. The van der Waals surface area contributed by atoms with E-state index in [1.807, 2.05) is 13.8 Å². The highest BCUT2D eigenvalue weighted by atomic mass is 16.5. The summed E-state index contributed by atoms with van der Waals surface area (Å²) >= 11 is 0. The highest BCUT2D eigenvalue weighted by molar-refractivity contribution is 5.34. The molecule has 3 atom stereocenters. The van der Waals surface area contributed by atoms with Gasteiger partial charge in [0.1, 0.15) is 0 Å². The lowest BCUT2D eigenvalue weighted by Gasteiger charge is -2.20. The fourth-order valence-electron chi connectivity index (χ4n) is 2.66. The van der Waals surface area contributed by atoms with E-state index in [0.29, 0.717) is 12.1 Å². The third-order valence-electron chi connectivity index (χ3n) is 3.39. The number of aromatic nitrogens is 3. The summed E-state index contributed by atoms with van der Waals surface area (Å²) in [4.78, 5) is 12.3. The first-order valence-corrected chi connectivity index (χ1v) is 6.70. The van der Waals surface area contributed by atoms with Crippen molar-refractivity contribution < 1.29 is 9.47 Å². The first-order chi connectivity index (χ1) is 9.10. The normalized spacial score (nSPS) is 28.9. The maximum atomic E-state index is 5.79. The summed E-state index contributed by atoms with van der Waals surface area (Å²) in [6, 6.07) is 0.515. The maximum absolute atomic E-state index is 5.79. The highest BCUT2D eigenvalue weighted by Gasteiger charge is 2.41. The second kappa shape index (κ2) is 4.80. The van der Waals surface area contributed by atoms with Gasteiger partial charge in [-0.3, -0.25) is 0 Å². The second-order valence-electron chi connectivity index (χ2n) is 5.33. The van der Waals surface area contributed by atoms with Crippen LogP contribution in [0.2, 0.25) is 0 Å². The molecule has 0 aliphatic carbocycles. The summed E-state index contributed by atoms with van der Waals surface area (Å²) in [5.74, 6) is 0.626. The molecule has 3 heterocycles. The van der Waals surface area contributed by atoms with Gasteiger partial charge in [-0.05, 0) is 33.1 Å². The van der Waals surface area contributed by atoms with Crippen molar-refractivity contribution in [2.45, 2.75) is 57.5 Å². The molecule has 2 fully saturated rings. The molecule has 0 aromatic carbocycles. The number of nitrogen functional groups attached to an aromatic ring is 1. The van der Waals surface area contributed by atoms with Crippen LogP contribution >= 0.6 is 0 Å². The Balaban J connectivity index is 1.71. The lowest BCUT2D eigenvalue weighted by atomic mass is 9.96. The number of rotatable bonds is 4. The molecule has 0 amide bonds. The van der Waals surface area contributed by atoms with Crippen molar-refractivity contribution in [3.63, 3.8) is 0 Å². The van der Waals surface area contributed by atoms with E-state index in [-0.39, 0.29) is 30.2 Å². The minimum absolute atomic E-state index is 0.000441. The maximum Gasteiger partial charge on any atom is 0.323 e. The zero-order chi connectivity index (χ0) is 13.4. The highest BCUT2D eigenvalue weighted by Crippen LogP contribution is 2.35. The van der Waals surface area contributed by atoms with E-state index >= 15 is 0 Å². The first-order valence-electron chi connectivity index (χ1n) is 6.70. The largest absolute Gasteiger partial charge is 0.461 e. The van der Waals surface area contributed by atoms with E-state index in [1.54, 1.807) is 0 Å². The zero-order valence-electron chi connectivity index (χ0n) is 11.2. The van der Waals surface area contributed by atoms with Gasteiger partial charge in [0.15, 0.2) is 0 Å². The van der Waals surface area contributed by atoms with Crippen LogP contribution in [0.4, 0.5) is 11.9 Å². The second-order valence-corrected chi connectivity index (χ2v) is 5.33. The fraction of sp³-hybridized carbons (Fsp3) is 0.750. The van der Waals surface area contributed by atoms with Crippen LogP contribution in [0.15, 0.2) is 0 Å². The molecule has 2 saturated heterocycles. The molecule has 2 aliphatic heterocycles. The minimum atomic E-state index is 0.000441. The van der Waals surface area contributed by atoms with Crippen molar-refractivity contribution in [2.24, 2.45) is 0 Å². The number of nitrogens with one attached hydrogen (secondary N) is 1. The van der Waals surface area contributed by atoms with Gasteiger partial charge in [-0.25, -0.2) is 0 Å². The summed E-state index contributed by atoms with van der Waals surface area (Å²) in [6.07, 6.45) is 3.89. The molecule has 0 saturated carbocycles. The molecule has 1 aromatic rings. The molecule has 3 unspecified atom stereocenters. The van der Waals surface area contributed by atoms with Crippen LogP contribution in [0.25, 0.3) is 0 Å². The molecule has 7 nitrogen and oxygen atoms in total. The number of hydrogen-bond acceptors (Lipinski definition) is 7. The third kappa shape index (κ3) is 2.70. The Morgan fingerprint density at radius 3 is 2.79 bits per heavy atom. The van der Waals surface area contributed by atoms with Gasteiger partial charge >= 0.3 is 6.01 Å². The number of ether oxygens (including phenoxy) is 2. The van der Waals surface area contributed by atoms with Crippen LogP contribution < -0.4 is 15.8 Å². The van der Waals surface area contributed by atoms with Crippen LogP contribution in [0.5, 0.6) is 6.01 Å². The SMILES string of the molecule is CC(C)Oc1nc(N)nc(NC2CC3CCC2O3)n1. The lowest BCUT2D eigenvalue weighted by molar-refractivity contribution is 0.102. The molecular weight excluding hydrogens is 246 g/mol. The molecule has 0 spiro atoms. The van der Waals surface area contributed by atoms with E-state index in [4.69, 9.17) is 15.2 Å². The molecule has 7 heteroatoms. The van der Waals surface area contributed by atoms with Crippen molar-refractivity contribution >= 4 is 11.9 Å². The van der Waals surface area contributed by atoms with Crippen LogP contribution in [0.1, 0.15) is 33.1 Å². The van der Waals surface area contributed by atoms with E-state index in [0.717, 1.165) is 19.3 Å². The van der Waals surface area contributed by atoms with Crippen molar-refractivity contribution in [3.8, 4) is 6.01 Å². The smallest absolute Gasteiger partial charge is 0.323 e. The van der Waals surface area contributed by atoms with Gasteiger partial charge in [-0.15, -0.1) is 0 Å². The molecule has 0 radical (unpaired) electrons. The van der Waals surface area contributed by atoms with Crippen LogP contribution in [-0.4, -0.2) is 39.3 Å². The Hall–Kier alpha value is -1.63. The van der Waals surface area contributed by atoms with Gasteiger partial charge in [0.05, 0.1) is 24.4 Å². The molecule has 1 aromatic heterocycles. The van der Waals surface area contributed by atoms with Gasteiger partial charge in [-0.1, -0.05) is 0 Å². The quantitative estimate of drug-likeness (QED) is 0.837. The molecule has 19 heavy (non-hydrogen) atoms. The number of hydrogen-bond donors (Lipinski definition) is 2. The molecule has 104 valence electrons. The zero-order valence-corrected chi connectivity index (χ0v) is 11.2. The van der Waals surface area contributed by atoms with Crippen LogP contribution in [0.3, 0.4) is 0 Å². The van der Waals surface area contributed by atoms with E-state index in [9.17, 15) is 0 Å². The average molecular weight is 265 g/mol. The lowest BCUT2D eigenvalue weighted by Crippen LogP contribution is -2.31. The number of nitrogens with zero attached hydrogens (tertiary/aromatic N) is 3. The average Bonchev–Trinajstić information content (AvgIpc) is 2.88. The number of nitrogens with two attached hydrogens (primary N) is 1. The van der Waals surface area contributed by atoms with Crippen molar-refractivity contribution in [1.82, 2.24) is 15.0 Å². The summed E-state index contributed by atoms with van der Waals surface area (Å²) in [5.41, 5.74) is 5.67. The first kappa shape index (κ1) is 12.4. The summed E-state index contributed by atoms with van der Waals surface area (Å²) in [7, 11) is 0. The van der Waals surface area contributed by atoms with E-state index < -0.39 is 0 Å². The Bertz CT molecular complexity index is 467. The summed E-state index contributed by atoms with van der Waals surface area (Å²) in [5, 5.41) is 3.28. The third-order valence-corrected chi connectivity index (χ3v) is 3.39. The van der Waals surface area contributed by atoms with Gasteiger partial charge in [0, 0.05) is 0 Å². The van der Waals surface area contributed by atoms with Gasteiger partial charge in [-0.2, -0.15) is 15.0 Å². The predicted octanol–water partition coefficient (Wildman–Crippen LogP) is 0.973. The standard InChI is InChI=1S/C12H19N5O2/c1-6(2)18-12-16-10(13)15-11(17-12)14-8-5-7-3-4-9(8)19-7/h6-9H,3-5H2,1-2H3,(H3,13,14,15,16,17). The topological polar surface area (TPSA) is 95.2 Å². The Kier molecular flexibility index (Phi) is 3.14. The van der Waals surface area contributed by atoms with E-state index in [1.165, 1.54) is 0 Å². The Labute approximate surface area is 111 Å². The van der Waals surface area contributed by atoms with Crippen molar-refractivity contribution in [3.05, 3.63) is 0 Å². The molecule has 2 aliphatic rings. The summed E-state index contributed by atoms with van der Waals surface area (Å²) in [6.45, 7) is 3.83. The monoisotopic (exact) mass is 265 g/mol. The van der Waals surface area contributed by atoms with Gasteiger partial charge < -0.3 is 20.5 Å². The summed E-state index contributed by atoms with van der Waals surface area (Å²) < 4.78 is 11.2. The van der Waals surface area contributed by atoms with Crippen molar-refractivity contribution in [1.29, 1.82) is 0 Å². The fourth-order valence-corrected chi connectivity index (χ4v) is 2.66. The van der Waals surface area contributed by atoms with Crippen LogP contribution in [-0.2, 0) is 4.74 Å². The van der Waals surface area contributed by atoms with Crippen LogP contribution in [0, 0.1) is 0 Å². The Morgan fingerprint density at radius 1 is 1.32 bits per heavy atom. The minimum Gasteiger partial charge on any atom is -0.461 e. The van der Waals surface area contributed by atoms with E-state index in [2.05, 4.69) is 20.3 Å². The molecule has 2 bridgehead atoms. The van der Waals surface area contributed by atoms with Gasteiger partial charge in [0.25, 0.3) is 0 Å². The predicted molar refractivity (Wildman–Crippen MR) is 69.9 cm³/mol. The number of anilines is 2. The van der Waals surface area contributed by atoms with Crippen molar-refractivity contribution in [2.75, 3.05) is 11.1 Å². The molecule has 3 rings (SSSR count). The Morgan fingerprint density at radius 2 is 2.16 bits per heavy atom. The van der Waals surface area contributed by atoms with Gasteiger partial charge in [0.2, 0.25) is 11.9 Å². The molecule has 3 N–H and O–H groups in total.